The van der Waals surface area contributed by atoms with Gasteiger partial charge in [-0.3, -0.25) is 4.79 Å². The third-order valence-corrected chi connectivity index (χ3v) is 8.23. The second-order valence-electron chi connectivity index (χ2n) is 8.86. The lowest BCUT2D eigenvalue weighted by Gasteiger charge is -2.32. The van der Waals surface area contributed by atoms with E-state index in [1.165, 1.54) is 9.87 Å². The Morgan fingerprint density at radius 1 is 1.13 bits per heavy atom. The van der Waals surface area contributed by atoms with E-state index in [2.05, 4.69) is 17.4 Å². The third-order valence-electron chi connectivity index (χ3n) is 6.05. The fourth-order valence-corrected chi connectivity index (χ4v) is 6.47. The van der Waals surface area contributed by atoms with Gasteiger partial charge in [-0.2, -0.15) is 4.31 Å². The maximum atomic E-state index is 13.4. The second kappa shape index (κ2) is 9.96. The molecule has 1 heterocycles. The lowest BCUT2D eigenvalue weighted by atomic mass is 9.98. The van der Waals surface area contributed by atoms with Gasteiger partial charge in [0.1, 0.15) is 0 Å². The number of aryl methyl sites for hydroxylation is 4. The van der Waals surface area contributed by atoms with Crippen LogP contribution in [-0.2, 0) is 21.2 Å². The second-order valence-corrected chi connectivity index (χ2v) is 10.7. The number of benzene rings is 2. The zero-order valence-corrected chi connectivity index (χ0v) is 19.8. The van der Waals surface area contributed by atoms with Crippen molar-refractivity contribution in [1.29, 1.82) is 0 Å². The van der Waals surface area contributed by atoms with E-state index in [1.54, 1.807) is 0 Å². The van der Waals surface area contributed by atoms with Crippen LogP contribution in [0.2, 0.25) is 0 Å². The van der Waals surface area contributed by atoms with Gasteiger partial charge in [-0.25, -0.2) is 8.42 Å². The first kappa shape index (κ1) is 23.5. The van der Waals surface area contributed by atoms with Crippen LogP contribution in [0.15, 0.2) is 47.4 Å². The van der Waals surface area contributed by atoms with Crippen molar-refractivity contribution in [3.8, 4) is 0 Å². The molecule has 1 aliphatic heterocycles. The molecule has 2 aromatic carbocycles. The molecule has 2 atom stereocenters. The Morgan fingerprint density at radius 2 is 1.77 bits per heavy atom. The van der Waals surface area contributed by atoms with Crippen LogP contribution >= 0.6 is 0 Å². The zero-order chi connectivity index (χ0) is 22.6. The van der Waals surface area contributed by atoms with Crippen molar-refractivity contribution < 1.29 is 13.2 Å². The van der Waals surface area contributed by atoms with Gasteiger partial charge in [-0.05, 0) is 70.1 Å². The van der Waals surface area contributed by atoms with Gasteiger partial charge in [0.15, 0.2) is 0 Å². The molecule has 5 nitrogen and oxygen atoms in total. The van der Waals surface area contributed by atoms with Gasteiger partial charge in [0.2, 0.25) is 15.9 Å². The molecule has 1 saturated heterocycles. The highest BCUT2D eigenvalue weighted by Gasteiger charge is 2.35. The molecule has 1 fully saturated rings. The summed E-state index contributed by atoms with van der Waals surface area (Å²) in [6.07, 6.45) is 3.17. The molecule has 1 N–H and O–H groups in total. The molecule has 168 valence electrons. The summed E-state index contributed by atoms with van der Waals surface area (Å²) in [7, 11) is -3.63. The smallest absolute Gasteiger partial charge is 0.243 e. The number of hydrogen-bond donors (Lipinski definition) is 1. The first-order chi connectivity index (χ1) is 14.7. The van der Waals surface area contributed by atoms with E-state index in [9.17, 15) is 13.2 Å². The Kier molecular flexibility index (Phi) is 7.55. The lowest BCUT2D eigenvalue weighted by molar-refractivity contribution is -0.126. The van der Waals surface area contributed by atoms with Crippen LogP contribution in [0.4, 0.5) is 0 Å². The average molecular weight is 443 g/mol. The van der Waals surface area contributed by atoms with Crippen LogP contribution < -0.4 is 5.32 Å². The van der Waals surface area contributed by atoms with Crippen LogP contribution in [0.3, 0.4) is 0 Å². The predicted octanol–water partition coefficient (Wildman–Crippen LogP) is 4.15. The molecular weight excluding hydrogens is 408 g/mol. The summed E-state index contributed by atoms with van der Waals surface area (Å²) in [5, 5.41) is 3.10. The minimum absolute atomic E-state index is 0.0428. The minimum atomic E-state index is -3.63. The third kappa shape index (κ3) is 5.74. The number of nitrogens with zero attached hydrogens (tertiary/aromatic N) is 1. The molecule has 0 spiro atoms. The summed E-state index contributed by atoms with van der Waals surface area (Å²) in [5.74, 6) is -0.355. The first-order valence-electron chi connectivity index (χ1n) is 11.1. The van der Waals surface area contributed by atoms with Gasteiger partial charge in [-0.1, -0.05) is 48.0 Å². The highest BCUT2D eigenvalue weighted by molar-refractivity contribution is 7.89. The van der Waals surface area contributed by atoms with Gasteiger partial charge < -0.3 is 5.32 Å². The van der Waals surface area contributed by atoms with E-state index in [4.69, 9.17) is 0 Å². The molecule has 0 aromatic heterocycles. The molecule has 3 rings (SSSR count). The molecule has 1 amide bonds. The van der Waals surface area contributed by atoms with E-state index in [-0.39, 0.29) is 24.4 Å². The van der Waals surface area contributed by atoms with E-state index in [0.29, 0.717) is 17.9 Å². The van der Waals surface area contributed by atoms with Crippen LogP contribution in [0.1, 0.15) is 48.4 Å². The van der Waals surface area contributed by atoms with Gasteiger partial charge in [0.05, 0.1) is 10.8 Å². The Hall–Kier alpha value is -2.18. The Balaban J connectivity index is 1.64. The Morgan fingerprint density at radius 3 is 2.42 bits per heavy atom. The maximum Gasteiger partial charge on any atom is 0.243 e. The average Bonchev–Trinajstić information content (AvgIpc) is 2.72. The van der Waals surface area contributed by atoms with Gasteiger partial charge >= 0.3 is 0 Å². The number of piperidine rings is 1. The topological polar surface area (TPSA) is 66.5 Å². The van der Waals surface area contributed by atoms with Crippen molar-refractivity contribution in [2.24, 2.45) is 5.92 Å². The summed E-state index contributed by atoms with van der Waals surface area (Å²) in [4.78, 5) is 13.3. The molecule has 0 unspecified atom stereocenters. The Labute approximate surface area is 186 Å². The number of carbonyl (C=O) groups is 1. The molecule has 2 aromatic rings. The normalized spacial score (nSPS) is 18.5. The van der Waals surface area contributed by atoms with E-state index in [1.807, 2.05) is 58.0 Å². The van der Waals surface area contributed by atoms with Crippen LogP contribution in [0.25, 0.3) is 0 Å². The first-order valence-corrected chi connectivity index (χ1v) is 12.5. The molecule has 0 saturated carbocycles. The zero-order valence-electron chi connectivity index (χ0n) is 19.0. The number of sulfonamides is 1. The summed E-state index contributed by atoms with van der Waals surface area (Å²) in [6, 6.07) is 14.1. The summed E-state index contributed by atoms with van der Waals surface area (Å²) in [5.41, 5.74) is 3.83. The van der Waals surface area contributed by atoms with Crippen molar-refractivity contribution in [3.63, 3.8) is 0 Å². The van der Waals surface area contributed by atoms with Crippen LogP contribution in [0.5, 0.6) is 0 Å². The largest absolute Gasteiger partial charge is 0.353 e. The quantitative estimate of drug-likeness (QED) is 0.700. The summed E-state index contributed by atoms with van der Waals surface area (Å²) < 4.78 is 28.3. The molecule has 1 aliphatic rings. The standard InChI is InChI=1S/C25H34N2O3S/c1-18-15-19(2)24(20(3)16-18)31(29,30)27-14-8-11-23(17-27)25(28)26-21(4)12-13-22-9-6-5-7-10-22/h5-7,9-10,15-16,21,23H,8,11-14,17H2,1-4H3,(H,26,28)/t21-,23-/m1/s1. The molecular formula is C25H34N2O3S. The SMILES string of the molecule is Cc1cc(C)c(S(=O)(=O)N2CCC[C@@H](C(=O)N[C@H](C)CCc3ccccc3)C2)c(C)c1. The lowest BCUT2D eigenvalue weighted by Crippen LogP contribution is -2.47. The fourth-order valence-electron chi connectivity index (χ4n) is 4.54. The minimum Gasteiger partial charge on any atom is -0.353 e. The van der Waals surface area contributed by atoms with Crippen molar-refractivity contribution >= 4 is 15.9 Å². The highest BCUT2D eigenvalue weighted by Crippen LogP contribution is 2.29. The van der Waals surface area contributed by atoms with E-state index < -0.39 is 10.0 Å². The monoisotopic (exact) mass is 442 g/mol. The fraction of sp³-hybridized carbons (Fsp3) is 0.480. The van der Waals surface area contributed by atoms with Crippen molar-refractivity contribution in [2.45, 2.75) is 64.3 Å². The summed E-state index contributed by atoms with van der Waals surface area (Å²) >= 11 is 0. The molecule has 6 heteroatoms. The van der Waals surface area contributed by atoms with Gasteiger partial charge in [0, 0.05) is 19.1 Å². The molecule has 0 radical (unpaired) electrons. The van der Waals surface area contributed by atoms with Gasteiger partial charge in [0.25, 0.3) is 0 Å². The maximum absolute atomic E-state index is 13.4. The van der Waals surface area contributed by atoms with E-state index in [0.717, 1.165) is 36.0 Å². The van der Waals surface area contributed by atoms with Crippen LogP contribution in [-0.4, -0.2) is 37.8 Å². The number of rotatable bonds is 7. The molecule has 0 bridgehead atoms. The highest BCUT2D eigenvalue weighted by atomic mass is 32.2. The van der Waals surface area contributed by atoms with Crippen LogP contribution in [0, 0.1) is 26.7 Å². The van der Waals surface area contributed by atoms with E-state index >= 15 is 0 Å². The Bertz CT molecular complexity index is 995. The van der Waals surface area contributed by atoms with Crippen molar-refractivity contribution in [1.82, 2.24) is 9.62 Å². The number of carbonyl (C=O) groups excluding carboxylic acids is 1. The number of amides is 1. The van der Waals surface area contributed by atoms with Crippen molar-refractivity contribution in [2.75, 3.05) is 13.1 Å². The predicted molar refractivity (Wildman–Crippen MR) is 125 cm³/mol. The van der Waals surface area contributed by atoms with Gasteiger partial charge in [-0.15, -0.1) is 0 Å². The van der Waals surface area contributed by atoms with Crippen molar-refractivity contribution in [3.05, 3.63) is 64.7 Å². The summed E-state index contributed by atoms with van der Waals surface area (Å²) in [6.45, 7) is 8.37. The molecule has 0 aliphatic carbocycles. The number of nitrogens with one attached hydrogen (secondary N) is 1. The molecule has 31 heavy (non-hydrogen) atoms. The number of hydrogen-bond acceptors (Lipinski definition) is 3.